The minimum atomic E-state index is -0.786. The lowest BCUT2D eigenvalue weighted by Gasteiger charge is -2.33. The number of furan rings is 3. The molecule has 2 aliphatic rings. The van der Waals surface area contributed by atoms with Crippen LogP contribution in [-0.2, 0) is 16.2 Å². The summed E-state index contributed by atoms with van der Waals surface area (Å²) >= 11 is 0. The van der Waals surface area contributed by atoms with E-state index >= 15 is 0 Å². The molecule has 5 nitrogen and oxygen atoms in total. The molecule has 0 atom stereocenters. The zero-order valence-electron chi connectivity index (χ0n) is 52.2. The number of rotatable bonds is 8. The fourth-order valence-corrected chi connectivity index (χ4v) is 15.4. The molecule has 0 aliphatic heterocycles. The second-order valence-corrected chi connectivity index (χ2v) is 27.1. The first kappa shape index (κ1) is 53.8. The molecule has 0 unspecified atom stereocenters. The Balaban J connectivity index is 0.904. The van der Waals surface area contributed by atoms with Crippen LogP contribution in [0.3, 0.4) is 0 Å². The van der Waals surface area contributed by atoms with Gasteiger partial charge in [-0.2, -0.15) is 0 Å². The molecular weight excluding hydrogens is 1120 g/mol. The Morgan fingerprint density at radius 2 is 0.717 bits per heavy atom. The lowest BCUT2D eigenvalue weighted by Crippen LogP contribution is -2.27. The number of hydrogen-bond acceptors (Lipinski definition) is 5. The summed E-state index contributed by atoms with van der Waals surface area (Å²) in [6.45, 7) is 14.0. The quantitative estimate of drug-likeness (QED) is 0.152. The molecule has 0 amide bonds. The van der Waals surface area contributed by atoms with Crippen molar-refractivity contribution in [1.29, 1.82) is 0 Å². The van der Waals surface area contributed by atoms with Gasteiger partial charge < -0.3 is 23.1 Å². The largest absolute Gasteiger partial charge is 0.456 e. The Bertz CT molecular complexity index is 5590. The molecule has 5 heteroatoms. The third kappa shape index (κ3) is 7.97. The molecule has 3 heterocycles. The fourth-order valence-electron chi connectivity index (χ4n) is 15.4. The summed E-state index contributed by atoms with van der Waals surface area (Å²) in [5, 5.41) is 6.51. The van der Waals surface area contributed by atoms with Gasteiger partial charge in [0.2, 0.25) is 0 Å². The molecule has 18 rings (SSSR count). The van der Waals surface area contributed by atoms with Crippen molar-refractivity contribution in [3.05, 3.63) is 312 Å². The van der Waals surface area contributed by atoms with Gasteiger partial charge in [-0.1, -0.05) is 236 Å². The third-order valence-corrected chi connectivity index (χ3v) is 19.8. The highest BCUT2D eigenvalue weighted by molar-refractivity contribution is 6.17. The Morgan fingerprint density at radius 3 is 1.27 bits per heavy atom. The highest BCUT2D eigenvalue weighted by Gasteiger charge is 2.55. The standard InChI is InChI=1S/C87H64N2O3/c1-85(2,3)55-39-46-64-65-47-40-56(86(4,5)6)50-75(65)87(74(64)49-55)73-32-16-13-27-70(73)80-76(89(58-23-11-8-12-24-58)60-43-37-54(38-44-60)63-29-20-31-69-67-26-15-18-34-78(67)91-83(63)69)52-72-71-51-61(45-48-79(71)92-84(72)81(80)87)88(57-21-9-7-10-22-57)59-41-35-53(36-42-59)62-28-19-30-68-66-25-14-17-33-77(66)90-82(62)68/h7-52H,1-6H3. The summed E-state index contributed by atoms with van der Waals surface area (Å²) in [7, 11) is 0. The van der Waals surface area contributed by atoms with Crippen molar-refractivity contribution in [2.45, 2.75) is 57.8 Å². The van der Waals surface area contributed by atoms with Crippen molar-refractivity contribution >= 4 is 99.9 Å². The first-order valence-electron chi connectivity index (χ1n) is 32.0. The summed E-state index contributed by atoms with van der Waals surface area (Å²) in [4.78, 5) is 4.85. The number of benzene rings is 13. The number of nitrogens with zero attached hydrogens (tertiary/aromatic N) is 2. The van der Waals surface area contributed by atoms with E-state index < -0.39 is 5.41 Å². The van der Waals surface area contributed by atoms with E-state index in [9.17, 15) is 0 Å². The smallest absolute Gasteiger partial charge is 0.143 e. The van der Waals surface area contributed by atoms with Crippen molar-refractivity contribution in [3.8, 4) is 44.5 Å². The fraction of sp³-hybridized carbons (Fsp3) is 0.103. The van der Waals surface area contributed by atoms with Crippen LogP contribution in [0, 0.1) is 0 Å². The predicted molar refractivity (Wildman–Crippen MR) is 382 cm³/mol. The predicted octanol–water partition coefficient (Wildman–Crippen LogP) is 24.6. The molecule has 0 saturated carbocycles. The zero-order chi connectivity index (χ0) is 61.8. The summed E-state index contributed by atoms with van der Waals surface area (Å²) in [6, 6.07) is 102. The van der Waals surface area contributed by atoms with Gasteiger partial charge in [-0.25, -0.2) is 0 Å². The Kier molecular flexibility index (Phi) is 11.7. The molecule has 1 spiro atoms. The van der Waals surface area contributed by atoms with Crippen molar-refractivity contribution in [2.24, 2.45) is 0 Å². The van der Waals surface area contributed by atoms with Crippen LogP contribution >= 0.6 is 0 Å². The van der Waals surface area contributed by atoms with E-state index in [0.29, 0.717) is 0 Å². The normalized spacial score (nSPS) is 13.2. The molecule has 0 saturated heterocycles. The molecule has 2 aliphatic carbocycles. The van der Waals surface area contributed by atoms with E-state index in [2.05, 4.69) is 312 Å². The van der Waals surface area contributed by atoms with Crippen molar-refractivity contribution in [1.82, 2.24) is 0 Å². The molecule has 440 valence electrons. The molecule has 92 heavy (non-hydrogen) atoms. The topological polar surface area (TPSA) is 45.9 Å². The maximum absolute atomic E-state index is 7.72. The summed E-state index contributed by atoms with van der Waals surface area (Å²) in [5.41, 5.74) is 27.1. The van der Waals surface area contributed by atoms with Gasteiger partial charge >= 0.3 is 0 Å². The van der Waals surface area contributed by atoms with Crippen molar-refractivity contribution in [3.63, 3.8) is 0 Å². The van der Waals surface area contributed by atoms with E-state index in [1.54, 1.807) is 0 Å². The van der Waals surface area contributed by atoms with Gasteiger partial charge in [-0.15, -0.1) is 0 Å². The molecule has 16 aromatic rings. The molecule has 13 aromatic carbocycles. The van der Waals surface area contributed by atoms with Crippen LogP contribution in [0.5, 0.6) is 0 Å². The van der Waals surface area contributed by atoms with Crippen LogP contribution in [0.25, 0.3) is 110 Å². The van der Waals surface area contributed by atoms with Gasteiger partial charge in [0.1, 0.15) is 33.5 Å². The van der Waals surface area contributed by atoms with Gasteiger partial charge in [-0.05, 0) is 151 Å². The summed E-state index contributed by atoms with van der Waals surface area (Å²) < 4.78 is 20.9. The third-order valence-electron chi connectivity index (χ3n) is 19.8. The average Bonchev–Trinajstić information content (AvgIpc) is 1.49. The molecule has 0 radical (unpaired) electrons. The molecule has 0 N–H and O–H groups in total. The van der Waals surface area contributed by atoms with Crippen molar-refractivity contribution < 1.29 is 13.3 Å². The summed E-state index contributed by atoms with van der Waals surface area (Å²) in [5.74, 6) is 0. The molecular formula is C87H64N2O3. The number of fused-ring (bicyclic) bond motifs is 20. The van der Waals surface area contributed by atoms with E-state index in [-0.39, 0.29) is 10.8 Å². The minimum absolute atomic E-state index is 0.130. The van der Waals surface area contributed by atoms with E-state index in [0.717, 1.165) is 133 Å². The SMILES string of the molecule is CC(C)(C)c1ccc2c(c1)C1(c3cc(C(C)(C)C)ccc3-2)c2ccccc2-c2c(N(c3ccccc3)c3ccc(-c4cccc5c4oc4ccccc45)cc3)cc3c(oc4ccc(N(c5ccccc5)c5ccc(-c6cccc7c6oc6ccccc67)cc5)cc43)c21. The second kappa shape index (κ2) is 19.9. The van der Waals surface area contributed by atoms with E-state index in [1.165, 1.54) is 44.5 Å². The highest BCUT2D eigenvalue weighted by Crippen LogP contribution is 2.67. The number of anilines is 6. The van der Waals surface area contributed by atoms with Gasteiger partial charge in [0.05, 0.1) is 11.1 Å². The zero-order valence-corrected chi connectivity index (χ0v) is 52.2. The first-order valence-corrected chi connectivity index (χ1v) is 32.0. The maximum atomic E-state index is 7.72. The van der Waals surface area contributed by atoms with Gasteiger partial charge in [-0.3, -0.25) is 0 Å². The second-order valence-electron chi connectivity index (χ2n) is 27.1. The molecule has 0 fully saturated rings. The van der Waals surface area contributed by atoms with Crippen LogP contribution in [0.15, 0.2) is 292 Å². The lowest BCUT2D eigenvalue weighted by molar-refractivity contribution is 0.586. The minimum Gasteiger partial charge on any atom is -0.456 e. The van der Waals surface area contributed by atoms with Crippen LogP contribution in [-0.4, -0.2) is 0 Å². The van der Waals surface area contributed by atoms with Gasteiger partial charge in [0.25, 0.3) is 0 Å². The van der Waals surface area contributed by atoms with E-state index in [1.807, 2.05) is 18.2 Å². The Labute approximate surface area is 534 Å². The van der Waals surface area contributed by atoms with Crippen molar-refractivity contribution in [2.75, 3.05) is 9.80 Å². The first-order chi connectivity index (χ1) is 44.9. The number of hydrogen-bond donors (Lipinski definition) is 0. The average molecular weight is 1190 g/mol. The van der Waals surface area contributed by atoms with Gasteiger partial charge in [0, 0.05) is 83.0 Å². The number of para-hydroxylation sites is 6. The van der Waals surface area contributed by atoms with Crippen LogP contribution in [0.4, 0.5) is 34.1 Å². The Morgan fingerprint density at radius 1 is 0.283 bits per heavy atom. The van der Waals surface area contributed by atoms with E-state index in [4.69, 9.17) is 13.3 Å². The Hall–Kier alpha value is -11.1. The van der Waals surface area contributed by atoms with Crippen LogP contribution in [0.1, 0.15) is 74.9 Å². The molecule has 3 aromatic heterocycles. The lowest BCUT2D eigenvalue weighted by atomic mass is 9.68. The van der Waals surface area contributed by atoms with Gasteiger partial charge in [0.15, 0.2) is 0 Å². The summed E-state index contributed by atoms with van der Waals surface area (Å²) in [6.07, 6.45) is 0. The maximum Gasteiger partial charge on any atom is 0.143 e. The van der Waals surface area contributed by atoms with Crippen LogP contribution < -0.4 is 9.80 Å². The monoisotopic (exact) mass is 1180 g/mol. The molecule has 0 bridgehead atoms. The van der Waals surface area contributed by atoms with Crippen LogP contribution in [0.2, 0.25) is 0 Å². The highest BCUT2D eigenvalue weighted by atomic mass is 16.3.